The van der Waals surface area contributed by atoms with E-state index in [1.807, 2.05) is 0 Å². The maximum absolute atomic E-state index is 12.3. The third-order valence-corrected chi connectivity index (χ3v) is 2.64. The van der Waals surface area contributed by atoms with E-state index in [-0.39, 0.29) is 24.8 Å². The molecule has 0 bridgehead atoms. The molecule has 1 amide bonds. The predicted octanol–water partition coefficient (Wildman–Crippen LogP) is 1.86. The van der Waals surface area contributed by atoms with Crippen molar-refractivity contribution in [3.8, 4) is 5.75 Å². The first-order chi connectivity index (χ1) is 9.45. The largest absolute Gasteiger partial charge is 0.434 e. The van der Waals surface area contributed by atoms with Gasteiger partial charge in [-0.2, -0.15) is 8.78 Å². The van der Waals surface area contributed by atoms with Crippen LogP contribution in [-0.2, 0) is 9.53 Å². The Hall–Kier alpha value is -1.44. The van der Waals surface area contributed by atoms with E-state index >= 15 is 0 Å². The van der Waals surface area contributed by atoms with Gasteiger partial charge in [-0.05, 0) is 13.0 Å². The van der Waals surface area contributed by atoms with Crippen molar-refractivity contribution in [1.29, 1.82) is 0 Å². The van der Waals surface area contributed by atoms with Gasteiger partial charge in [0.1, 0.15) is 11.8 Å². The Morgan fingerprint density at radius 1 is 1.38 bits per heavy atom. The number of alkyl halides is 2. The fourth-order valence-corrected chi connectivity index (χ4v) is 1.69. The van der Waals surface area contributed by atoms with Crippen molar-refractivity contribution in [2.24, 2.45) is 5.73 Å². The van der Waals surface area contributed by atoms with E-state index in [9.17, 15) is 13.6 Å². The molecule has 2 unspecified atom stereocenters. The highest BCUT2D eigenvalue weighted by Gasteiger charge is 2.19. The number of ether oxygens (including phenoxy) is 2. The molecular weight excluding hydrogens is 306 g/mol. The number of para-hydroxylation sites is 1. The number of methoxy groups -OCH3 is 1. The third-order valence-electron chi connectivity index (χ3n) is 2.64. The molecule has 120 valence electrons. The number of carbonyl (C=O) groups excluding carboxylic acids is 1. The Balaban J connectivity index is 0.00000400. The zero-order valence-electron chi connectivity index (χ0n) is 11.7. The Morgan fingerprint density at radius 2 is 2.00 bits per heavy atom. The minimum atomic E-state index is -2.92. The van der Waals surface area contributed by atoms with Gasteiger partial charge in [0.25, 0.3) is 0 Å². The smallest absolute Gasteiger partial charge is 0.387 e. The number of nitrogens with one attached hydrogen (secondary N) is 1. The van der Waals surface area contributed by atoms with Crippen molar-refractivity contribution in [2.75, 3.05) is 13.7 Å². The monoisotopic (exact) mass is 324 g/mol. The molecule has 1 rings (SSSR count). The summed E-state index contributed by atoms with van der Waals surface area (Å²) in [5.41, 5.74) is 6.03. The van der Waals surface area contributed by atoms with Crippen LogP contribution in [0.15, 0.2) is 24.3 Å². The summed E-state index contributed by atoms with van der Waals surface area (Å²) in [4.78, 5) is 11.7. The van der Waals surface area contributed by atoms with E-state index in [4.69, 9.17) is 10.5 Å². The molecule has 8 heteroatoms. The number of carbonyl (C=O) groups is 1. The Labute approximate surface area is 128 Å². The van der Waals surface area contributed by atoms with Gasteiger partial charge < -0.3 is 20.5 Å². The zero-order chi connectivity index (χ0) is 15.1. The molecule has 2 atom stereocenters. The number of benzene rings is 1. The summed E-state index contributed by atoms with van der Waals surface area (Å²) in [7, 11) is 1.43. The standard InChI is InChI=1S/C13H18F2N2O3.ClH/c1-8(17-12(18)10(16)7-19-2)9-5-3-4-6-11(9)20-13(14)15;/h3-6,8,10,13H,7,16H2,1-2H3,(H,17,18);1H. The van der Waals surface area contributed by atoms with Crippen LogP contribution < -0.4 is 15.8 Å². The number of rotatable bonds is 7. The van der Waals surface area contributed by atoms with Gasteiger partial charge in [0.2, 0.25) is 5.91 Å². The minimum absolute atomic E-state index is 0. The Morgan fingerprint density at radius 3 is 2.57 bits per heavy atom. The summed E-state index contributed by atoms with van der Waals surface area (Å²) in [5.74, 6) is -0.401. The normalized spacial score (nSPS) is 13.2. The highest BCUT2D eigenvalue weighted by atomic mass is 35.5. The molecule has 3 N–H and O–H groups in total. The van der Waals surface area contributed by atoms with Crippen molar-refractivity contribution < 1.29 is 23.0 Å². The molecule has 0 aliphatic carbocycles. The summed E-state index contributed by atoms with van der Waals surface area (Å²) < 4.78 is 33.8. The number of hydrogen-bond donors (Lipinski definition) is 2. The van der Waals surface area contributed by atoms with Crippen molar-refractivity contribution in [1.82, 2.24) is 5.32 Å². The number of nitrogens with two attached hydrogens (primary N) is 1. The molecule has 0 aliphatic rings. The number of amides is 1. The second-order valence-corrected chi connectivity index (χ2v) is 4.21. The molecule has 0 saturated carbocycles. The highest BCUT2D eigenvalue weighted by molar-refractivity contribution is 5.85. The van der Waals surface area contributed by atoms with Crippen molar-refractivity contribution in [3.63, 3.8) is 0 Å². The summed E-state index contributed by atoms with van der Waals surface area (Å²) in [6.07, 6.45) is 0. The van der Waals surface area contributed by atoms with E-state index in [2.05, 4.69) is 10.1 Å². The van der Waals surface area contributed by atoms with E-state index in [0.29, 0.717) is 5.56 Å². The molecule has 1 aromatic carbocycles. The van der Waals surface area contributed by atoms with Crippen LogP contribution >= 0.6 is 12.4 Å². The first kappa shape index (κ1) is 19.6. The first-order valence-electron chi connectivity index (χ1n) is 6.04. The van der Waals surface area contributed by atoms with Gasteiger partial charge in [0.05, 0.1) is 12.6 Å². The molecule has 0 aromatic heterocycles. The molecule has 0 fully saturated rings. The second-order valence-electron chi connectivity index (χ2n) is 4.21. The van der Waals surface area contributed by atoms with Crippen LogP contribution in [0.3, 0.4) is 0 Å². The van der Waals surface area contributed by atoms with Crippen LogP contribution in [0.4, 0.5) is 8.78 Å². The molecule has 0 aliphatic heterocycles. The summed E-state index contributed by atoms with van der Waals surface area (Å²) >= 11 is 0. The summed E-state index contributed by atoms with van der Waals surface area (Å²) in [6.45, 7) is -1.19. The van der Waals surface area contributed by atoms with E-state index in [1.54, 1.807) is 25.1 Å². The van der Waals surface area contributed by atoms with Gasteiger partial charge in [-0.15, -0.1) is 12.4 Å². The molecule has 1 aromatic rings. The number of hydrogen-bond acceptors (Lipinski definition) is 4. The first-order valence-corrected chi connectivity index (χ1v) is 6.04. The minimum Gasteiger partial charge on any atom is -0.434 e. The molecular formula is C13H19ClF2N2O3. The Bertz CT molecular complexity index is 449. The third kappa shape index (κ3) is 6.24. The summed E-state index contributed by atoms with van der Waals surface area (Å²) in [5, 5.41) is 2.63. The predicted molar refractivity (Wildman–Crippen MR) is 76.7 cm³/mol. The van der Waals surface area contributed by atoms with Gasteiger partial charge >= 0.3 is 6.61 Å². The maximum Gasteiger partial charge on any atom is 0.387 e. The zero-order valence-corrected chi connectivity index (χ0v) is 12.5. The van der Waals surface area contributed by atoms with Crippen molar-refractivity contribution in [3.05, 3.63) is 29.8 Å². The van der Waals surface area contributed by atoms with Gasteiger partial charge in [-0.25, -0.2) is 0 Å². The van der Waals surface area contributed by atoms with Crippen molar-refractivity contribution >= 4 is 18.3 Å². The van der Waals surface area contributed by atoms with E-state index < -0.39 is 24.6 Å². The SMILES string of the molecule is COCC(N)C(=O)NC(C)c1ccccc1OC(F)F.Cl. The topological polar surface area (TPSA) is 73.6 Å². The molecule has 0 spiro atoms. The molecule has 21 heavy (non-hydrogen) atoms. The van der Waals surface area contributed by atoms with Crippen LogP contribution in [0.1, 0.15) is 18.5 Å². The van der Waals surface area contributed by atoms with Gasteiger partial charge in [0.15, 0.2) is 0 Å². The highest BCUT2D eigenvalue weighted by Crippen LogP contribution is 2.26. The van der Waals surface area contributed by atoms with Crippen LogP contribution in [0, 0.1) is 0 Å². The van der Waals surface area contributed by atoms with Crippen LogP contribution in [0.5, 0.6) is 5.75 Å². The van der Waals surface area contributed by atoms with E-state index in [1.165, 1.54) is 13.2 Å². The molecule has 0 radical (unpaired) electrons. The fraction of sp³-hybridized carbons (Fsp3) is 0.462. The molecule has 0 saturated heterocycles. The summed E-state index contributed by atoms with van der Waals surface area (Å²) in [6, 6.07) is 4.94. The van der Waals surface area contributed by atoms with Crippen LogP contribution in [0.25, 0.3) is 0 Å². The molecule has 5 nitrogen and oxygen atoms in total. The van der Waals surface area contributed by atoms with Gasteiger partial charge in [0, 0.05) is 12.7 Å². The molecule has 0 heterocycles. The fourth-order valence-electron chi connectivity index (χ4n) is 1.69. The quantitative estimate of drug-likeness (QED) is 0.803. The van der Waals surface area contributed by atoms with Crippen molar-refractivity contribution in [2.45, 2.75) is 25.6 Å². The second kappa shape index (κ2) is 9.49. The van der Waals surface area contributed by atoms with Crippen LogP contribution in [0.2, 0.25) is 0 Å². The lowest BCUT2D eigenvalue weighted by molar-refractivity contribution is -0.124. The van der Waals surface area contributed by atoms with E-state index in [0.717, 1.165) is 0 Å². The van der Waals surface area contributed by atoms with Gasteiger partial charge in [-0.3, -0.25) is 4.79 Å². The number of halogens is 3. The van der Waals surface area contributed by atoms with Crippen LogP contribution in [-0.4, -0.2) is 32.3 Å². The average Bonchev–Trinajstić information content (AvgIpc) is 2.38. The lowest BCUT2D eigenvalue weighted by Crippen LogP contribution is -2.44. The lowest BCUT2D eigenvalue weighted by atomic mass is 10.1. The Kier molecular flexibility index (Phi) is 8.84. The average molecular weight is 325 g/mol. The lowest BCUT2D eigenvalue weighted by Gasteiger charge is -2.20. The maximum atomic E-state index is 12.3. The van der Waals surface area contributed by atoms with Gasteiger partial charge in [-0.1, -0.05) is 18.2 Å².